The zero-order valence-electron chi connectivity index (χ0n) is 13.5. The molecule has 1 aromatic carbocycles. The number of carboxylic acid groups (broad SMARTS) is 1. The van der Waals surface area contributed by atoms with Gasteiger partial charge in [0.15, 0.2) is 0 Å². The third-order valence-electron chi connectivity index (χ3n) is 4.06. The average molecular weight is 343 g/mol. The zero-order valence-corrected chi connectivity index (χ0v) is 14.3. The first kappa shape index (κ1) is 16.8. The van der Waals surface area contributed by atoms with E-state index in [-0.39, 0.29) is 6.42 Å². The highest BCUT2D eigenvalue weighted by Crippen LogP contribution is 2.35. The lowest BCUT2D eigenvalue weighted by atomic mass is 10.0. The molecule has 0 radical (unpaired) electrons. The van der Waals surface area contributed by atoms with Crippen molar-refractivity contribution in [2.45, 2.75) is 49.0 Å². The van der Waals surface area contributed by atoms with E-state index in [0.29, 0.717) is 13.0 Å². The molecule has 1 fully saturated rings. The number of nitrogens with zero attached hydrogens (tertiary/aromatic N) is 1. The molecule has 1 saturated carbocycles. The van der Waals surface area contributed by atoms with Gasteiger partial charge >= 0.3 is 5.97 Å². The van der Waals surface area contributed by atoms with Gasteiger partial charge in [-0.3, -0.25) is 4.79 Å². The highest BCUT2D eigenvalue weighted by Gasteiger charge is 2.19. The fourth-order valence-corrected chi connectivity index (χ4v) is 3.66. The number of ether oxygens (including phenoxy) is 1. The molecule has 1 aliphatic rings. The lowest BCUT2D eigenvalue weighted by Crippen LogP contribution is -2.13. The number of aliphatic carboxylic acids is 1. The number of hydrogen-bond acceptors (Lipinski definition) is 4. The van der Waals surface area contributed by atoms with Crippen LogP contribution in [0.5, 0.6) is 5.75 Å². The summed E-state index contributed by atoms with van der Waals surface area (Å²) in [6.45, 7) is 0.438. The molecule has 0 bridgehead atoms. The molecule has 0 unspecified atom stereocenters. The van der Waals surface area contributed by atoms with Crippen molar-refractivity contribution in [3.8, 4) is 5.75 Å². The number of aromatic nitrogens is 1. The number of rotatable bonds is 8. The lowest BCUT2D eigenvalue weighted by Gasteiger charge is -2.24. The Labute approximate surface area is 146 Å². The molecule has 1 heterocycles. The Kier molecular flexibility index (Phi) is 5.75. The Morgan fingerprint density at radius 2 is 2.00 bits per heavy atom. The Morgan fingerprint density at radius 1 is 1.21 bits per heavy atom. The molecule has 0 atom stereocenters. The maximum absolute atomic E-state index is 10.6. The van der Waals surface area contributed by atoms with Crippen molar-refractivity contribution >= 4 is 17.7 Å². The van der Waals surface area contributed by atoms with Crippen LogP contribution in [-0.4, -0.2) is 21.3 Å². The number of carboxylic acids is 1. The highest BCUT2D eigenvalue weighted by atomic mass is 32.2. The predicted octanol–water partition coefficient (Wildman–Crippen LogP) is 4.32. The molecule has 0 aliphatic heterocycles. The summed E-state index contributed by atoms with van der Waals surface area (Å²) in [7, 11) is 0. The van der Waals surface area contributed by atoms with Crippen molar-refractivity contribution in [2.75, 3.05) is 0 Å². The minimum absolute atomic E-state index is 0.148. The Bertz CT molecular complexity index is 683. The summed E-state index contributed by atoms with van der Waals surface area (Å²) in [6, 6.07) is 13.6. The third-order valence-corrected chi connectivity index (χ3v) is 5.33. The monoisotopic (exact) mass is 343 g/mol. The average Bonchev–Trinajstić information content (AvgIpc) is 2.56. The number of carbonyl (C=O) groups is 1. The van der Waals surface area contributed by atoms with Gasteiger partial charge in [-0.15, -0.1) is 11.8 Å². The van der Waals surface area contributed by atoms with E-state index in [0.717, 1.165) is 27.3 Å². The van der Waals surface area contributed by atoms with Crippen LogP contribution in [-0.2, 0) is 17.8 Å². The van der Waals surface area contributed by atoms with Gasteiger partial charge in [-0.2, -0.15) is 0 Å². The van der Waals surface area contributed by atoms with Gasteiger partial charge in [0.05, 0.1) is 10.7 Å². The van der Waals surface area contributed by atoms with Crippen molar-refractivity contribution in [1.82, 2.24) is 4.98 Å². The minimum Gasteiger partial charge on any atom is -0.487 e. The van der Waals surface area contributed by atoms with E-state index < -0.39 is 5.97 Å². The first-order chi connectivity index (χ1) is 11.7. The van der Waals surface area contributed by atoms with Crippen molar-refractivity contribution in [3.63, 3.8) is 0 Å². The highest BCUT2D eigenvalue weighted by molar-refractivity contribution is 7.99. The molecule has 5 heteroatoms. The molecule has 0 saturated heterocycles. The van der Waals surface area contributed by atoms with Crippen LogP contribution in [0.3, 0.4) is 0 Å². The molecule has 126 valence electrons. The molecule has 3 rings (SSSR count). The number of aryl methyl sites for hydroxylation is 1. The molecule has 0 spiro atoms. The van der Waals surface area contributed by atoms with E-state index in [1.807, 2.05) is 48.2 Å². The van der Waals surface area contributed by atoms with Crippen LogP contribution in [0.25, 0.3) is 0 Å². The predicted molar refractivity (Wildman–Crippen MR) is 94.5 cm³/mol. The summed E-state index contributed by atoms with van der Waals surface area (Å²) in [5.74, 6) is -0.00558. The van der Waals surface area contributed by atoms with Gasteiger partial charge in [0.2, 0.25) is 0 Å². The van der Waals surface area contributed by atoms with Gasteiger partial charge in [-0.05, 0) is 49.1 Å². The first-order valence-corrected chi connectivity index (χ1v) is 9.13. The van der Waals surface area contributed by atoms with E-state index in [1.54, 1.807) is 0 Å². The van der Waals surface area contributed by atoms with Crippen molar-refractivity contribution in [3.05, 3.63) is 53.7 Å². The minimum atomic E-state index is -0.777. The van der Waals surface area contributed by atoms with E-state index in [1.165, 1.54) is 19.3 Å². The Morgan fingerprint density at radius 3 is 2.67 bits per heavy atom. The zero-order chi connectivity index (χ0) is 16.8. The second-order valence-electron chi connectivity index (χ2n) is 5.96. The SMILES string of the molecule is O=C(O)CCc1ccc(OCc2cccc(SC3CCC3)n2)cc1. The fraction of sp³-hybridized carbons (Fsp3) is 0.368. The van der Waals surface area contributed by atoms with Gasteiger partial charge in [0, 0.05) is 11.7 Å². The van der Waals surface area contributed by atoms with E-state index >= 15 is 0 Å². The fourth-order valence-electron chi connectivity index (χ4n) is 2.42. The maximum Gasteiger partial charge on any atom is 0.303 e. The molecule has 24 heavy (non-hydrogen) atoms. The summed E-state index contributed by atoms with van der Waals surface area (Å²) < 4.78 is 5.78. The Hall–Kier alpha value is -2.01. The van der Waals surface area contributed by atoms with E-state index in [9.17, 15) is 4.79 Å². The first-order valence-electron chi connectivity index (χ1n) is 8.25. The summed E-state index contributed by atoms with van der Waals surface area (Å²) in [5, 5.41) is 10.5. The second kappa shape index (κ2) is 8.20. The van der Waals surface area contributed by atoms with Gasteiger partial charge < -0.3 is 9.84 Å². The van der Waals surface area contributed by atoms with Crippen LogP contribution in [0.1, 0.15) is 36.9 Å². The van der Waals surface area contributed by atoms with Gasteiger partial charge in [-0.25, -0.2) is 4.98 Å². The molecule has 4 nitrogen and oxygen atoms in total. The van der Waals surface area contributed by atoms with Crippen LogP contribution in [0, 0.1) is 0 Å². The quantitative estimate of drug-likeness (QED) is 0.773. The standard InChI is InChI=1S/C19H21NO3S/c21-19(22)12-9-14-7-10-16(11-8-14)23-13-15-3-1-6-18(20-15)24-17-4-2-5-17/h1,3,6-8,10-11,17H,2,4-5,9,12-13H2,(H,21,22). The smallest absolute Gasteiger partial charge is 0.303 e. The van der Waals surface area contributed by atoms with Gasteiger partial charge in [0.25, 0.3) is 0 Å². The molecule has 2 aromatic rings. The summed E-state index contributed by atoms with van der Waals surface area (Å²) in [4.78, 5) is 15.2. The summed E-state index contributed by atoms with van der Waals surface area (Å²) in [5.41, 5.74) is 1.93. The van der Waals surface area contributed by atoms with E-state index in [2.05, 4.69) is 11.1 Å². The molecule has 0 amide bonds. The maximum atomic E-state index is 10.6. The molecule has 1 N–H and O–H groups in total. The van der Waals surface area contributed by atoms with Crippen LogP contribution in [0.4, 0.5) is 0 Å². The number of thioether (sulfide) groups is 1. The number of hydrogen-bond donors (Lipinski definition) is 1. The van der Waals surface area contributed by atoms with Crippen LogP contribution >= 0.6 is 11.8 Å². The van der Waals surface area contributed by atoms with Crippen molar-refractivity contribution < 1.29 is 14.6 Å². The second-order valence-corrected chi connectivity index (χ2v) is 7.28. The van der Waals surface area contributed by atoms with Crippen LogP contribution in [0.15, 0.2) is 47.5 Å². The molecule has 1 aliphatic carbocycles. The number of benzene rings is 1. The van der Waals surface area contributed by atoms with Gasteiger partial charge in [-0.1, -0.05) is 24.6 Å². The van der Waals surface area contributed by atoms with Crippen LogP contribution in [0.2, 0.25) is 0 Å². The third kappa shape index (κ3) is 4.99. The lowest BCUT2D eigenvalue weighted by molar-refractivity contribution is -0.136. The summed E-state index contributed by atoms with van der Waals surface area (Å²) >= 11 is 1.86. The topological polar surface area (TPSA) is 59.4 Å². The molecule has 1 aromatic heterocycles. The number of pyridine rings is 1. The molecular formula is C19H21NO3S. The van der Waals surface area contributed by atoms with Crippen molar-refractivity contribution in [2.24, 2.45) is 0 Å². The summed E-state index contributed by atoms with van der Waals surface area (Å²) in [6.07, 6.45) is 4.61. The van der Waals surface area contributed by atoms with Crippen molar-refractivity contribution in [1.29, 1.82) is 0 Å². The van der Waals surface area contributed by atoms with Gasteiger partial charge in [0.1, 0.15) is 12.4 Å². The van der Waals surface area contributed by atoms with Crippen LogP contribution < -0.4 is 4.74 Å². The van der Waals surface area contributed by atoms with E-state index in [4.69, 9.17) is 9.84 Å². The largest absolute Gasteiger partial charge is 0.487 e. The molecular weight excluding hydrogens is 322 g/mol. The normalized spacial score (nSPS) is 14.2. The Balaban J connectivity index is 1.51.